The van der Waals surface area contributed by atoms with Crippen LogP contribution in [-0.4, -0.2) is 7.05 Å². The Morgan fingerprint density at radius 2 is 1.75 bits per heavy atom. The fourth-order valence-electron chi connectivity index (χ4n) is 1.71. The van der Waals surface area contributed by atoms with Gasteiger partial charge in [0.1, 0.15) is 10.7 Å². The quantitative estimate of drug-likeness (QED) is 0.748. The molecule has 0 aliphatic carbocycles. The highest BCUT2D eigenvalue weighted by Gasteiger charge is 2.23. The highest BCUT2D eigenvalue weighted by molar-refractivity contribution is 6.34. The number of halogens is 1. The van der Waals surface area contributed by atoms with E-state index in [2.05, 4.69) is 0 Å². The van der Waals surface area contributed by atoms with Gasteiger partial charge in [0.05, 0.1) is 0 Å². The average molecular weight is 236 g/mol. The van der Waals surface area contributed by atoms with Crippen molar-refractivity contribution in [1.29, 1.82) is 0 Å². The number of hydrogen-bond acceptors (Lipinski definition) is 3. The maximum atomic E-state index is 11.4. The molecule has 0 aromatic heterocycles. The topological polar surface area (TPSA) is 37.4 Å². The molecule has 16 heavy (non-hydrogen) atoms. The molecular formula is C12H10ClNO2. The molecule has 0 atom stereocenters. The van der Waals surface area contributed by atoms with Crippen LogP contribution in [0, 0.1) is 6.92 Å². The van der Waals surface area contributed by atoms with Crippen molar-refractivity contribution in [3.63, 3.8) is 0 Å². The van der Waals surface area contributed by atoms with Crippen molar-refractivity contribution in [2.45, 2.75) is 6.92 Å². The van der Waals surface area contributed by atoms with Gasteiger partial charge in [0.25, 0.3) is 5.43 Å². The van der Waals surface area contributed by atoms with Gasteiger partial charge in [0.15, 0.2) is 0 Å². The number of hydrogen-bond donors (Lipinski definition) is 0. The number of benzene rings is 1. The predicted molar refractivity (Wildman–Crippen MR) is 65.6 cm³/mol. The first-order valence-corrected chi connectivity index (χ1v) is 5.20. The summed E-state index contributed by atoms with van der Waals surface area (Å²) in [7, 11) is 1.73. The first-order chi connectivity index (χ1) is 7.54. The van der Waals surface area contributed by atoms with Crippen LogP contribution in [0.5, 0.6) is 0 Å². The summed E-state index contributed by atoms with van der Waals surface area (Å²) in [6, 6.07) is 7.60. The molecule has 2 aromatic carbocycles. The molecule has 0 heterocycles. The zero-order chi connectivity index (χ0) is 11.9. The smallest absolute Gasteiger partial charge is 0.252 e. The van der Waals surface area contributed by atoms with Crippen LogP contribution >= 0.6 is 11.6 Å². The van der Waals surface area contributed by atoms with Crippen LogP contribution in [0.15, 0.2) is 33.9 Å². The summed E-state index contributed by atoms with van der Waals surface area (Å²) in [5.74, 6) is 0. The number of aryl methyl sites for hydroxylation is 1. The van der Waals surface area contributed by atoms with Crippen LogP contribution in [0.1, 0.15) is 5.56 Å². The second-order valence-corrected chi connectivity index (χ2v) is 4.04. The Morgan fingerprint density at radius 1 is 1.12 bits per heavy atom. The molecule has 0 amide bonds. The highest BCUT2D eigenvalue weighted by atomic mass is 35.5. The Kier molecular flexibility index (Phi) is 2.56. The summed E-state index contributed by atoms with van der Waals surface area (Å²) in [6.07, 6.45) is 0. The molecule has 0 spiro atoms. The van der Waals surface area contributed by atoms with Gasteiger partial charge in [-0.05, 0) is 18.6 Å². The monoisotopic (exact) mass is 235 g/mol. The molecule has 0 bridgehead atoms. The number of anilines is 2. The van der Waals surface area contributed by atoms with Gasteiger partial charge in [-0.3, -0.25) is 9.59 Å². The largest absolute Gasteiger partial charge is 0.340 e. The number of para-hydroxylation sites is 1. The number of nitrogens with zero attached hydrogens (tertiary/aromatic N) is 1. The summed E-state index contributed by atoms with van der Waals surface area (Å²) in [6.45, 7) is 1.94. The summed E-state index contributed by atoms with van der Waals surface area (Å²) < 4.78 is 0. The fraction of sp³-hybridized carbons (Fsp3) is 0.167. The molecule has 0 N–H and O–H groups in total. The summed E-state index contributed by atoms with van der Waals surface area (Å²) in [4.78, 5) is 24.0. The van der Waals surface area contributed by atoms with Crippen LogP contribution in [0.4, 0.5) is 11.4 Å². The van der Waals surface area contributed by atoms with Crippen molar-refractivity contribution in [2.24, 2.45) is 0 Å². The molecule has 2 aromatic rings. The maximum Gasteiger partial charge on any atom is 0.252 e. The molecule has 0 aliphatic heterocycles. The minimum absolute atomic E-state index is 0.0238. The van der Waals surface area contributed by atoms with Crippen LogP contribution in [-0.2, 0) is 0 Å². The van der Waals surface area contributed by atoms with Gasteiger partial charge >= 0.3 is 0 Å². The molecule has 0 radical (unpaired) electrons. The van der Waals surface area contributed by atoms with Crippen molar-refractivity contribution < 1.29 is 0 Å². The molecule has 0 unspecified atom stereocenters. The highest BCUT2D eigenvalue weighted by Crippen LogP contribution is 2.28. The Hall–Kier alpha value is -1.61. The van der Waals surface area contributed by atoms with E-state index in [0.717, 1.165) is 11.3 Å². The predicted octanol–water partition coefficient (Wildman–Crippen LogP) is 2.01. The first-order valence-electron chi connectivity index (χ1n) is 4.82. The van der Waals surface area contributed by atoms with Gasteiger partial charge in [-0.15, -0.1) is 0 Å². The molecular weight excluding hydrogens is 226 g/mol. The van der Waals surface area contributed by atoms with Crippen molar-refractivity contribution in [1.82, 2.24) is 0 Å². The normalized spacial score (nSPS) is 10.7. The zero-order valence-corrected chi connectivity index (χ0v) is 9.71. The van der Waals surface area contributed by atoms with E-state index in [1.807, 2.05) is 31.2 Å². The molecule has 0 saturated carbocycles. The van der Waals surface area contributed by atoms with Crippen molar-refractivity contribution in [2.75, 3.05) is 11.9 Å². The van der Waals surface area contributed by atoms with Crippen molar-refractivity contribution >= 4 is 23.0 Å². The van der Waals surface area contributed by atoms with Gasteiger partial charge in [0.2, 0.25) is 5.43 Å². The Morgan fingerprint density at radius 3 is 2.31 bits per heavy atom. The summed E-state index contributed by atoms with van der Waals surface area (Å²) >= 11 is 5.73. The van der Waals surface area contributed by atoms with Crippen LogP contribution in [0.2, 0.25) is 5.02 Å². The lowest BCUT2D eigenvalue weighted by atomic mass is 10.1. The van der Waals surface area contributed by atoms with Gasteiger partial charge in [-0.1, -0.05) is 29.8 Å². The average Bonchev–Trinajstić information content (AvgIpc) is 2.29. The van der Waals surface area contributed by atoms with Gasteiger partial charge in [0, 0.05) is 12.7 Å². The van der Waals surface area contributed by atoms with E-state index >= 15 is 0 Å². The lowest BCUT2D eigenvalue weighted by Crippen LogP contribution is -2.37. The van der Waals surface area contributed by atoms with E-state index in [-0.39, 0.29) is 10.7 Å². The van der Waals surface area contributed by atoms with E-state index in [0.29, 0.717) is 0 Å². The minimum atomic E-state index is -0.600. The van der Waals surface area contributed by atoms with E-state index in [1.54, 1.807) is 11.9 Å². The summed E-state index contributed by atoms with van der Waals surface area (Å²) in [5.41, 5.74) is 1.06. The van der Waals surface area contributed by atoms with Crippen LogP contribution < -0.4 is 15.8 Å². The van der Waals surface area contributed by atoms with Gasteiger partial charge < -0.3 is 4.90 Å². The van der Waals surface area contributed by atoms with E-state index in [1.165, 1.54) is 0 Å². The second kappa shape index (κ2) is 3.76. The van der Waals surface area contributed by atoms with E-state index in [9.17, 15) is 9.59 Å². The third kappa shape index (κ3) is 1.44. The van der Waals surface area contributed by atoms with Crippen LogP contribution in [0.3, 0.4) is 0 Å². The standard InChI is InChI=1S/C12H10ClNO2/c1-7-5-3-4-6-8(7)14(2)10-9(13)11(15)12(10)16/h3-6H,1-2H3. The first kappa shape index (κ1) is 10.9. The molecule has 0 fully saturated rings. The van der Waals surface area contributed by atoms with E-state index < -0.39 is 10.9 Å². The molecule has 4 heteroatoms. The third-order valence-corrected chi connectivity index (χ3v) is 2.99. The Balaban J connectivity index is 2.49. The maximum absolute atomic E-state index is 11.4. The zero-order valence-electron chi connectivity index (χ0n) is 8.95. The number of rotatable bonds is 2. The molecule has 82 valence electrons. The van der Waals surface area contributed by atoms with Crippen molar-refractivity contribution in [3.05, 3.63) is 55.3 Å². The summed E-state index contributed by atoms with van der Waals surface area (Å²) in [5, 5.41) is 0.0238. The Labute approximate surface area is 97.6 Å². The molecule has 0 saturated heterocycles. The third-order valence-electron chi connectivity index (χ3n) is 2.64. The van der Waals surface area contributed by atoms with Gasteiger partial charge in [-0.2, -0.15) is 0 Å². The minimum Gasteiger partial charge on any atom is -0.340 e. The Bertz CT molecular complexity index is 611. The lowest BCUT2D eigenvalue weighted by Gasteiger charge is -2.22. The SMILES string of the molecule is Cc1ccccc1N(C)c1c(Cl)c(=O)c1=O. The molecule has 0 aliphatic rings. The van der Waals surface area contributed by atoms with Crippen LogP contribution in [0.25, 0.3) is 0 Å². The van der Waals surface area contributed by atoms with E-state index in [4.69, 9.17) is 11.6 Å². The molecule has 3 nitrogen and oxygen atoms in total. The second-order valence-electron chi connectivity index (χ2n) is 3.67. The molecule has 2 rings (SSSR count). The van der Waals surface area contributed by atoms with Gasteiger partial charge in [-0.25, -0.2) is 0 Å². The lowest BCUT2D eigenvalue weighted by molar-refractivity contribution is 1.14. The fourth-order valence-corrected chi connectivity index (χ4v) is 2.01. The van der Waals surface area contributed by atoms with Crippen molar-refractivity contribution in [3.8, 4) is 0 Å².